The van der Waals surface area contributed by atoms with Gasteiger partial charge < -0.3 is 0 Å². The molecule has 0 N–H and O–H groups in total. The Morgan fingerprint density at radius 2 is 2.23 bits per heavy atom. The summed E-state index contributed by atoms with van der Waals surface area (Å²) in [6, 6.07) is 8.59. The second kappa shape index (κ2) is 3.69. The average molecular weight is 211 g/mol. The molecular formula is C11H11ClS. The summed E-state index contributed by atoms with van der Waals surface area (Å²) in [5.74, 6) is 0.612. The van der Waals surface area contributed by atoms with Crippen molar-refractivity contribution in [3.8, 4) is 0 Å². The van der Waals surface area contributed by atoms with Crippen LogP contribution in [0.3, 0.4) is 0 Å². The minimum absolute atomic E-state index is 0.612. The van der Waals surface area contributed by atoms with Crippen LogP contribution >= 0.6 is 22.9 Å². The summed E-state index contributed by atoms with van der Waals surface area (Å²) in [5.41, 5.74) is 1.25. The largest absolute Gasteiger partial charge is 0.140 e. The Morgan fingerprint density at radius 3 is 2.92 bits per heavy atom. The van der Waals surface area contributed by atoms with Crippen molar-refractivity contribution in [3.05, 3.63) is 34.7 Å². The zero-order valence-corrected chi connectivity index (χ0v) is 9.08. The molecule has 68 valence electrons. The molecule has 2 heteroatoms. The van der Waals surface area contributed by atoms with Crippen molar-refractivity contribution < 1.29 is 0 Å². The third-order valence-corrected chi connectivity index (χ3v) is 3.83. The van der Waals surface area contributed by atoms with Gasteiger partial charge in [-0.15, -0.1) is 22.9 Å². The van der Waals surface area contributed by atoms with Gasteiger partial charge in [0.25, 0.3) is 0 Å². The van der Waals surface area contributed by atoms with Crippen LogP contribution in [-0.4, -0.2) is 0 Å². The highest BCUT2D eigenvalue weighted by Crippen LogP contribution is 2.29. The number of halogens is 1. The first kappa shape index (κ1) is 9.04. The van der Waals surface area contributed by atoms with Crippen molar-refractivity contribution in [3.63, 3.8) is 0 Å². The zero-order valence-electron chi connectivity index (χ0n) is 7.51. The Labute approximate surface area is 87.2 Å². The van der Waals surface area contributed by atoms with E-state index in [9.17, 15) is 0 Å². The first-order valence-electron chi connectivity index (χ1n) is 4.41. The lowest BCUT2D eigenvalue weighted by Crippen LogP contribution is -1.74. The molecule has 0 nitrogen and oxygen atoms in total. The Bertz CT molecular complexity index is 417. The fourth-order valence-electron chi connectivity index (χ4n) is 1.46. The third-order valence-electron chi connectivity index (χ3n) is 2.17. The van der Waals surface area contributed by atoms with Gasteiger partial charge >= 0.3 is 0 Å². The summed E-state index contributed by atoms with van der Waals surface area (Å²) in [4.78, 5) is 1.44. The molecule has 2 rings (SSSR count). The molecule has 0 amide bonds. The lowest BCUT2D eigenvalue weighted by Gasteiger charge is -1.95. The predicted octanol–water partition coefficient (Wildman–Crippen LogP) is 4.20. The van der Waals surface area contributed by atoms with Gasteiger partial charge in [0.15, 0.2) is 0 Å². The Hall–Kier alpha value is -0.530. The molecule has 0 aliphatic heterocycles. The van der Waals surface area contributed by atoms with Gasteiger partial charge in [0, 0.05) is 15.5 Å². The van der Waals surface area contributed by atoms with Crippen LogP contribution < -0.4 is 0 Å². The van der Waals surface area contributed by atoms with Crippen molar-refractivity contribution >= 4 is 33.0 Å². The highest BCUT2D eigenvalue weighted by atomic mass is 35.5. The van der Waals surface area contributed by atoms with E-state index in [1.54, 1.807) is 0 Å². The summed E-state index contributed by atoms with van der Waals surface area (Å²) in [6.45, 7) is 2.19. The molecule has 1 heterocycles. The molecule has 0 fully saturated rings. The van der Waals surface area contributed by atoms with Crippen molar-refractivity contribution in [2.75, 3.05) is 0 Å². The maximum absolute atomic E-state index is 5.87. The molecule has 1 aromatic heterocycles. The van der Waals surface area contributed by atoms with E-state index in [2.05, 4.69) is 31.2 Å². The summed E-state index contributed by atoms with van der Waals surface area (Å²) in [5, 5.41) is 1.33. The van der Waals surface area contributed by atoms with Crippen LogP contribution in [0.25, 0.3) is 10.1 Å². The average Bonchev–Trinajstić information content (AvgIpc) is 2.59. The summed E-state index contributed by atoms with van der Waals surface area (Å²) >= 11 is 7.73. The third kappa shape index (κ3) is 1.59. The molecule has 0 bridgehead atoms. The Morgan fingerprint density at radius 1 is 1.38 bits per heavy atom. The molecular weight excluding hydrogens is 200 g/mol. The smallest absolute Gasteiger partial charge is 0.0488 e. The fraction of sp³-hybridized carbons (Fsp3) is 0.273. The number of fused-ring (bicyclic) bond motifs is 1. The van der Waals surface area contributed by atoms with Gasteiger partial charge in [-0.2, -0.15) is 0 Å². The van der Waals surface area contributed by atoms with Gasteiger partial charge in [-0.3, -0.25) is 0 Å². The maximum Gasteiger partial charge on any atom is 0.0488 e. The first-order valence-corrected chi connectivity index (χ1v) is 5.76. The van der Waals surface area contributed by atoms with Gasteiger partial charge in [0.1, 0.15) is 0 Å². The van der Waals surface area contributed by atoms with E-state index < -0.39 is 0 Å². The molecule has 1 aromatic carbocycles. The van der Waals surface area contributed by atoms with E-state index >= 15 is 0 Å². The molecule has 0 spiro atoms. The van der Waals surface area contributed by atoms with Crippen LogP contribution in [0.5, 0.6) is 0 Å². The normalized spacial score (nSPS) is 10.9. The topological polar surface area (TPSA) is 0 Å². The number of hydrogen-bond donors (Lipinski definition) is 0. The fourth-order valence-corrected chi connectivity index (χ4v) is 2.87. The number of aryl methyl sites for hydroxylation is 1. The minimum atomic E-state index is 0.612. The molecule has 0 saturated heterocycles. The van der Waals surface area contributed by atoms with Crippen LogP contribution in [0.1, 0.15) is 17.4 Å². The van der Waals surface area contributed by atoms with Gasteiger partial charge in [-0.25, -0.2) is 0 Å². The molecule has 0 unspecified atom stereocenters. The zero-order chi connectivity index (χ0) is 9.26. The number of thiophene rings is 1. The summed E-state index contributed by atoms with van der Waals surface area (Å²) in [6.07, 6.45) is 1.11. The van der Waals surface area contributed by atoms with Gasteiger partial charge in [0.2, 0.25) is 0 Å². The van der Waals surface area contributed by atoms with Crippen LogP contribution in [0.15, 0.2) is 24.3 Å². The summed E-state index contributed by atoms with van der Waals surface area (Å²) < 4.78 is 1.36. The SMILES string of the molecule is CCc1cc2cccc(CCl)c2s1. The van der Waals surface area contributed by atoms with E-state index in [-0.39, 0.29) is 0 Å². The predicted molar refractivity (Wildman–Crippen MR) is 60.8 cm³/mol. The second-order valence-electron chi connectivity index (χ2n) is 3.04. The maximum atomic E-state index is 5.87. The van der Waals surface area contributed by atoms with Crippen LogP contribution in [0, 0.1) is 0 Å². The molecule has 0 aliphatic rings. The van der Waals surface area contributed by atoms with Crippen LogP contribution in [0.4, 0.5) is 0 Å². The Kier molecular flexibility index (Phi) is 2.56. The second-order valence-corrected chi connectivity index (χ2v) is 4.44. The van der Waals surface area contributed by atoms with Crippen molar-refractivity contribution in [2.24, 2.45) is 0 Å². The highest BCUT2D eigenvalue weighted by Gasteiger charge is 2.03. The van der Waals surface area contributed by atoms with E-state index in [0.29, 0.717) is 5.88 Å². The van der Waals surface area contributed by atoms with E-state index in [1.165, 1.54) is 20.5 Å². The van der Waals surface area contributed by atoms with Gasteiger partial charge in [0.05, 0.1) is 0 Å². The van der Waals surface area contributed by atoms with Crippen molar-refractivity contribution in [1.82, 2.24) is 0 Å². The van der Waals surface area contributed by atoms with E-state index in [1.807, 2.05) is 11.3 Å². The van der Waals surface area contributed by atoms with Gasteiger partial charge in [-0.05, 0) is 23.4 Å². The molecule has 0 aliphatic carbocycles. The number of rotatable bonds is 2. The van der Waals surface area contributed by atoms with Crippen molar-refractivity contribution in [1.29, 1.82) is 0 Å². The molecule has 0 saturated carbocycles. The first-order chi connectivity index (χ1) is 6.35. The number of hydrogen-bond acceptors (Lipinski definition) is 1. The quantitative estimate of drug-likeness (QED) is 0.652. The van der Waals surface area contributed by atoms with Crippen LogP contribution in [0.2, 0.25) is 0 Å². The lowest BCUT2D eigenvalue weighted by atomic mass is 10.2. The molecule has 0 radical (unpaired) electrons. The monoisotopic (exact) mass is 210 g/mol. The van der Waals surface area contributed by atoms with E-state index in [4.69, 9.17) is 11.6 Å². The number of alkyl halides is 1. The molecule has 2 aromatic rings. The highest BCUT2D eigenvalue weighted by molar-refractivity contribution is 7.19. The van der Waals surface area contributed by atoms with Crippen LogP contribution in [-0.2, 0) is 12.3 Å². The lowest BCUT2D eigenvalue weighted by molar-refractivity contribution is 1.19. The van der Waals surface area contributed by atoms with E-state index in [0.717, 1.165) is 6.42 Å². The molecule has 13 heavy (non-hydrogen) atoms. The standard InChI is InChI=1S/C11H11ClS/c1-2-10-6-8-4-3-5-9(7-12)11(8)13-10/h3-6H,2,7H2,1H3. The summed E-state index contributed by atoms with van der Waals surface area (Å²) in [7, 11) is 0. The Balaban J connectivity index is 2.67. The van der Waals surface area contributed by atoms with Gasteiger partial charge in [-0.1, -0.05) is 25.1 Å². The molecule has 0 atom stereocenters. The van der Waals surface area contributed by atoms with Crippen molar-refractivity contribution in [2.45, 2.75) is 19.2 Å². The number of benzene rings is 1. The minimum Gasteiger partial charge on any atom is -0.140 e.